The first-order valence-corrected chi connectivity index (χ1v) is 8.07. The lowest BCUT2D eigenvalue weighted by Crippen LogP contribution is -2.23. The highest BCUT2D eigenvalue weighted by Gasteiger charge is 2.25. The Labute approximate surface area is 127 Å². The summed E-state index contributed by atoms with van der Waals surface area (Å²) in [5, 5.41) is 4.60. The van der Waals surface area contributed by atoms with Crippen molar-refractivity contribution in [2.24, 2.45) is 0 Å². The first kappa shape index (κ1) is 14.0. The molecule has 3 rings (SSSR count). The van der Waals surface area contributed by atoms with Gasteiger partial charge in [-0.3, -0.25) is 0 Å². The number of nitrogens with zero attached hydrogens (tertiary/aromatic N) is 1. The number of rotatable bonds is 3. The average Bonchev–Trinajstić information content (AvgIpc) is 2.83. The fraction of sp³-hybridized carbons (Fsp3) is 0.400. The highest BCUT2D eigenvalue weighted by atomic mass is 35.5. The molecular weight excluding hydrogens is 295 g/mol. The minimum atomic E-state index is -0.302. The van der Waals surface area contributed by atoms with Gasteiger partial charge in [0, 0.05) is 10.9 Å². The van der Waals surface area contributed by atoms with Crippen molar-refractivity contribution in [3.63, 3.8) is 0 Å². The van der Waals surface area contributed by atoms with Crippen LogP contribution in [0, 0.1) is 5.82 Å². The Morgan fingerprint density at radius 1 is 1.50 bits per heavy atom. The molecule has 1 N–H and O–H groups in total. The van der Waals surface area contributed by atoms with Crippen molar-refractivity contribution in [2.75, 3.05) is 6.54 Å². The van der Waals surface area contributed by atoms with Crippen molar-refractivity contribution in [1.29, 1.82) is 0 Å². The van der Waals surface area contributed by atoms with Gasteiger partial charge < -0.3 is 5.32 Å². The summed E-state index contributed by atoms with van der Waals surface area (Å²) in [7, 11) is 0. The second-order valence-electron chi connectivity index (χ2n) is 4.93. The first-order chi connectivity index (χ1) is 9.70. The maximum absolute atomic E-state index is 14.0. The molecular formula is C15H16ClFN2S. The van der Waals surface area contributed by atoms with Crippen molar-refractivity contribution in [1.82, 2.24) is 10.3 Å². The fourth-order valence-electron chi connectivity index (χ4n) is 2.67. The summed E-state index contributed by atoms with van der Waals surface area (Å²) in [4.78, 5) is 5.87. The van der Waals surface area contributed by atoms with Gasteiger partial charge in [-0.1, -0.05) is 24.6 Å². The lowest BCUT2D eigenvalue weighted by Gasteiger charge is -2.21. The minimum Gasteiger partial charge on any atom is -0.309 e. The van der Waals surface area contributed by atoms with Crippen molar-refractivity contribution in [2.45, 2.75) is 32.2 Å². The Balaban J connectivity index is 2.05. The normalized spacial score (nSPS) is 18.1. The number of aromatic nitrogens is 1. The third kappa shape index (κ3) is 2.48. The van der Waals surface area contributed by atoms with E-state index in [4.69, 9.17) is 11.6 Å². The van der Waals surface area contributed by atoms with Crippen LogP contribution >= 0.6 is 22.9 Å². The van der Waals surface area contributed by atoms with Crippen LogP contribution in [0.3, 0.4) is 0 Å². The van der Waals surface area contributed by atoms with Crippen LogP contribution < -0.4 is 5.32 Å². The van der Waals surface area contributed by atoms with E-state index in [2.05, 4.69) is 17.2 Å². The van der Waals surface area contributed by atoms with Gasteiger partial charge in [0.1, 0.15) is 10.8 Å². The Morgan fingerprint density at radius 3 is 3.10 bits per heavy atom. The maximum atomic E-state index is 14.0. The molecule has 1 unspecified atom stereocenters. The van der Waals surface area contributed by atoms with Crippen molar-refractivity contribution >= 4 is 22.9 Å². The predicted molar refractivity (Wildman–Crippen MR) is 81.9 cm³/mol. The molecule has 0 saturated heterocycles. The van der Waals surface area contributed by atoms with E-state index in [9.17, 15) is 4.39 Å². The maximum Gasteiger partial charge on any atom is 0.134 e. The summed E-state index contributed by atoms with van der Waals surface area (Å²) in [6, 6.07) is 5.11. The van der Waals surface area contributed by atoms with E-state index < -0.39 is 0 Å². The number of halogens is 2. The van der Waals surface area contributed by atoms with Gasteiger partial charge in [-0.2, -0.15) is 0 Å². The van der Waals surface area contributed by atoms with Crippen LogP contribution in [0.4, 0.5) is 4.39 Å². The molecule has 0 radical (unpaired) electrons. The van der Waals surface area contributed by atoms with Gasteiger partial charge in [0.05, 0.1) is 16.3 Å². The monoisotopic (exact) mass is 310 g/mol. The average molecular weight is 311 g/mol. The molecule has 5 heteroatoms. The summed E-state index contributed by atoms with van der Waals surface area (Å²) in [6.07, 6.45) is 3.21. The molecule has 1 aliphatic rings. The number of hydrogen-bond acceptors (Lipinski definition) is 3. The summed E-state index contributed by atoms with van der Waals surface area (Å²) in [6.45, 7) is 3.03. The predicted octanol–water partition coefficient (Wildman–Crippen LogP) is 4.59. The molecule has 0 aliphatic heterocycles. The van der Waals surface area contributed by atoms with Crippen molar-refractivity contribution in [3.8, 4) is 10.6 Å². The Morgan fingerprint density at radius 2 is 2.35 bits per heavy atom. The molecule has 1 aliphatic carbocycles. The van der Waals surface area contributed by atoms with Crippen LogP contribution in [0.2, 0.25) is 5.02 Å². The van der Waals surface area contributed by atoms with Crippen LogP contribution in [0.15, 0.2) is 18.2 Å². The number of fused-ring (bicyclic) bond motifs is 1. The molecule has 2 nitrogen and oxygen atoms in total. The van der Waals surface area contributed by atoms with E-state index in [1.54, 1.807) is 23.5 Å². The van der Waals surface area contributed by atoms with Crippen LogP contribution in [-0.4, -0.2) is 11.5 Å². The second kappa shape index (κ2) is 5.80. The smallest absolute Gasteiger partial charge is 0.134 e. The zero-order valence-electron chi connectivity index (χ0n) is 11.2. The standard InChI is InChI=1S/C15H16ClFN2S/c1-2-18-11-7-4-8-12-14(11)20-15(19-12)13-9(16)5-3-6-10(13)17/h3,5-6,11,18H,2,4,7-8H2,1H3. The van der Waals surface area contributed by atoms with E-state index in [-0.39, 0.29) is 5.82 Å². The van der Waals surface area contributed by atoms with E-state index in [0.29, 0.717) is 21.6 Å². The molecule has 1 heterocycles. The van der Waals surface area contributed by atoms with Gasteiger partial charge in [-0.15, -0.1) is 11.3 Å². The Bertz CT molecular complexity index is 606. The van der Waals surface area contributed by atoms with Crippen LogP contribution in [0.1, 0.15) is 36.4 Å². The topological polar surface area (TPSA) is 24.9 Å². The quantitative estimate of drug-likeness (QED) is 0.897. The SMILES string of the molecule is CCNC1CCCc2nc(-c3c(F)cccc3Cl)sc21. The lowest BCUT2D eigenvalue weighted by molar-refractivity contribution is 0.476. The number of nitrogens with one attached hydrogen (secondary N) is 1. The molecule has 1 atom stereocenters. The number of aryl methyl sites for hydroxylation is 1. The highest BCUT2D eigenvalue weighted by molar-refractivity contribution is 7.15. The van der Waals surface area contributed by atoms with Crippen LogP contribution in [-0.2, 0) is 6.42 Å². The van der Waals surface area contributed by atoms with Crippen LogP contribution in [0.25, 0.3) is 10.6 Å². The molecule has 0 amide bonds. The minimum absolute atomic E-state index is 0.302. The zero-order valence-corrected chi connectivity index (χ0v) is 12.8. The van der Waals surface area contributed by atoms with Gasteiger partial charge in [0.2, 0.25) is 0 Å². The van der Waals surface area contributed by atoms with E-state index >= 15 is 0 Å². The molecule has 0 saturated carbocycles. The van der Waals surface area contributed by atoms with Crippen LogP contribution in [0.5, 0.6) is 0 Å². The fourth-order valence-corrected chi connectivity index (χ4v) is 4.26. The Kier molecular flexibility index (Phi) is 4.06. The molecule has 20 heavy (non-hydrogen) atoms. The number of hydrogen-bond donors (Lipinski definition) is 1. The third-order valence-electron chi connectivity index (χ3n) is 3.58. The number of benzene rings is 1. The molecule has 0 bridgehead atoms. The van der Waals surface area contributed by atoms with Gasteiger partial charge in [0.25, 0.3) is 0 Å². The molecule has 1 aromatic carbocycles. The molecule has 1 aromatic heterocycles. The highest BCUT2D eigenvalue weighted by Crippen LogP contribution is 2.40. The van der Waals surface area contributed by atoms with E-state index in [1.807, 2.05) is 0 Å². The molecule has 106 valence electrons. The van der Waals surface area contributed by atoms with Crippen molar-refractivity contribution < 1.29 is 4.39 Å². The second-order valence-corrected chi connectivity index (χ2v) is 6.37. The molecule has 0 fully saturated rings. The molecule has 2 aromatic rings. The van der Waals surface area contributed by atoms with Gasteiger partial charge in [0.15, 0.2) is 0 Å². The lowest BCUT2D eigenvalue weighted by atomic mass is 9.98. The summed E-state index contributed by atoms with van der Waals surface area (Å²) in [5.41, 5.74) is 1.53. The summed E-state index contributed by atoms with van der Waals surface area (Å²) in [5.74, 6) is -0.302. The van der Waals surface area contributed by atoms with Gasteiger partial charge >= 0.3 is 0 Å². The zero-order chi connectivity index (χ0) is 14.1. The summed E-state index contributed by atoms with van der Waals surface area (Å²) >= 11 is 7.70. The van der Waals surface area contributed by atoms with E-state index in [0.717, 1.165) is 31.5 Å². The third-order valence-corrected chi connectivity index (χ3v) is 5.12. The number of thiazole rings is 1. The van der Waals surface area contributed by atoms with E-state index in [1.165, 1.54) is 10.9 Å². The van der Waals surface area contributed by atoms with Gasteiger partial charge in [-0.25, -0.2) is 9.37 Å². The largest absolute Gasteiger partial charge is 0.309 e. The molecule has 0 spiro atoms. The Hall–Kier alpha value is -0.970. The summed E-state index contributed by atoms with van der Waals surface area (Å²) < 4.78 is 14.0. The van der Waals surface area contributed by atoms with Gasteiger partial charge in [-0.05, 0) is 37.9 Å². The van der Waals surface area contributed by atoms with Crippen molar-refractivity contribution in [3.05, 3.63) is 39.6 Å². The first-order valence-electron chi connectivity index (χ1n) is 6.88.